The molecule has 3 N–H and O–H groups in total. The van der Waals surface area contributed by atoms with Crippen LogP contribution < -0.4 is 4.74 Å². The van der Waals surface area contributed by atoms with E-state index in [0.29, 0.717) is 43.8 Å². The first-order chi connectivity index (χ1) is 17.9. The number of fused-ring (bicyclic) bond motifs is 1. The number of aliphatic hydroxyl groups is 3. The molecule has 210 valence electrons. The van der Waals surface area contributed by atoms with Crippen molar-refractivity contribution >= 4 is 0 Å². The van der Waals surface area contributed by atoms with Gasteiger partial charge < -0.3 is 24.8 Å². The molecule has 5 nitrogen and oxygen atoms in total. The summed E-state index contributed by atoms with van der Waals surface area (Å²) in [5.74, 6) is 2.36. The van der Waals surface area contributed by atoms with Crippen LogP contribution in [0.3, 0.4) is 0 Å². The zero-order valence-corrected chi connectivity index (χ0v) is 24.0. The van der Waals surface area contributed by atoms with Crippen LogP contribution in [-0.2, 0) is 16.9 Å². The van der Waals surface area contributed by atoms with E-state index in [1.54, 1.807) is 21.0 Å². The lowest BCUT2D eigenvalue weighted by Crippen LogP contribution is -2.37. The molecular weight excluding hydrogens is 476 g/mol. The third-order valence-electron chi connectivity index (χ3n) is 9.55. The van der Waals surface area contributed by atoms with Crippen molar-refractivity contribution in [1.29, 1.82) is 0 Å². The van der Waals surface area contributed by atoms with Crippen LogP contribution in [-0.4, -0.2) is 41.2 Å². The highest BCUT2D eigenvalue weighted by molar-refractivity contribution is 5.39. The summed E-state index contributed by atoms with van der Waals surface area (Å²) in [6, 6.07) is 5.87. The minimum absolute atomic E-state index is 0.262. The maximum absolute atomic E-state index is 10.5. The van der Waals surface area contributed by atoms with Gasteiger partial charge in [0.05, 0.1) is 31.5 Å². The van der Waals surface area contributed by atoms with E-state index in [2.05, 4.69) is 32.6 Å². The topological polar surface area (TPSA) is 79.2 Å². The average molecular weight is 525 g/mol. The van der Waals surface area contributed by atoms with Gasteiger partial charge in [0, 0.05) is 13.0 Å². The Balaban J connectivity index is 1.41. The van der Waals surface area contributed by atoms with Gasteiger partial charge in [-0.2, -0.15) is 0 Å². The lowest BCUT2D eigenvalue weighted by Gasteiger charge is -2.44. The summed E-state index contributed by atoms with van der Waals surface area (Å²) in [7, 11) is 1.65. The number of aliphatic hydroxyl groups excluding tert-OH is 2. The molecule has 3 aliphatic rings. The van der Waals surface area contributed by atoms with Gasteiger partial charge in [-0.3, -0.25) is 0 Å². The molecule has 4 rings (SSSR count). The van der Waals surface area contributed by atoms with Gasteiger partial charge in [0.15, 0.2) is 0 Å². The van der Waals surface area contributed by atoms with Crippen molar-refractivity contribution in [2.45, 2.75) is 97.1 Å². The van der Waals surface area contributed by atoms with E-state index in [9.17, 15) is 15.3 Å². The third kappa shape index (κ3) is 6.28. The Kier molecular flexibility index (Phi) is 8.93. The molecule has 0 heterocycles. The molecular formula is C33H48O5. The highest BCUT2D eigenvalue weighted by atomic mass is 16.5. The monoisotopic (exact) mass is 524 g/mol. The minimum atomic E-state index is -0.935. The average Bonchev–Trinajstić information content (AvgIpc) is 3.22. The van der Waals surface area contributed by atoms with Crippen LogP contribution >= 0.6 is 0 Å². The fourth-order valence-electron chi connectivity index (χ4n) is 7.37. The summed E-state index contributed by atoms with van der Waals surface area (Å²) >= 11 is 0. The Labute approximate surface area is 229 Å². The highest BCUT2D eigenvalue weighted by Gasteiger charge is 2.50. The van der Waals surface area contributed by atoms with Crippen molar-refractivity contribution in [2.75, 3.05) is 13.7 Å². The van der Waals surface area contributed by atoms with E-state index in [1.165, 1.54) is 31.3 Å². The molecule has 3 aliphatic carbocycles. The molecule has 0 aromatic heterocycles. The van der Waals surface area contributed by atoms with Crippen molar-refractivity contribution in [3.63, 3.8) is 0 Å². The van der Waals surface area contributed by atoms with Crippen molar-refractivity contribution < 1.29 is 24.8 Å². The molecule has 0 bridgehead atoms. The molecule has 0 aliphatic heterocycles. The van der Waals surface area contributed by atoms with E-state index >= 15 is 0 Å². The Morgan fingerprint density at radius 2 is 1.95 bits per heavy atom. The van der Waals surface area contributed by atoms with Gasteiger partial charge >= 0.3 is 0 Å². The van der Waals surface area contributed by atoms with Gasteiger partial charge in [-0.05, 0) is 110 Å². The summed E-state index contributed by atoms with van der Waals surface area (Å²) < 4.78 is 11.7. The standard InChI is InChI=1S/C33H48O5/c1-21(19-38-20-23-14-26(32(3,4)36)17-28(15-23)37-6)29-11-12-30-24(8-7-13-33(29,30)5)9-10-25-16-27(34)18-31(35)22(25)2/h9-10,14-15,17,21,27,29-31,34-36H,2,7-8,11-13,16,18-20H2,1,3-6H3/b24-9+,25-10-/t21-,27+,29+,30?,31-,33+/m0/s1. The van der Waals surface area contributed by atoms with Gasteiger partial charge in [-0.25, -0.2) is 0 Å². The fourth-order valence-corrected chi connectivity index (χ4v) is 7.37. The van der Waals surface area contributed by atoms with Crippen molar-refractivity contribution in [3.05, 3.63) is 64.8 Å². The van der Waals surface area contributed by atoms with Crippen LogP contribution in [0.15, 0.2) is 53.6 Å². The van der Waals surface area contributed by atoms with E-state index in [1.807, 2.05) is 18.2 Å². The largest absolute Gasteiger partial charge is 0.497 e. The summed E-state index contributed by atoms with van der Waals surface area (Å²) in [6.07, 6.45) is 10.2. The molecule has 0 radical (unpaired) electrons. The van der Waals surface area contributed by atoms with E-state index in [4.69, 9.17) is 9.47 Å². The van der Waals surface area contributed by atoms with Gasteiger partial charge in [0.2, 0.25) is 0 Å². The summed E-state index contributed by atoms with van der Waals surface area (Å²) in [4.78, 5) is 0. The number of ether oxygens (including phenoxy) is 2. The molecule has 3 fully saturated rings. The third-order valence-corrected chi connectivity index (χ3v) is 9.55. The molecule has 5 heteroatoms. The first kappa shape index (κ1) is 29.1. The van der Waals surface area contributed by atoms with E-state index in [0.717, 1.165) is 34.4 Å². The number of rotatable bonds is 8. The quantitative estimate of drug-likeness (QED) is 0.376. The van der Waals surface area contributed by atoms with Gasteiger partial charge in [0.25, 0.3) is 0 Å². The SMILES string of the molecule is C=C1/C(=C\C=C2/CCC[C@@]3(C)C2CC[C@@H]3[C@@H](C)COCc2cc(OC)cc(C(C)(C)O)c2)C[C@@H](O)C[C@@H]1O. The number of hydrogen-bond donors (Lipinski definition) is 3. The van der Waals surface area contributed by atoms with Crippen molar-refractivity contribution in [1.82, 2.24) is 0 Å². The maximum atomic E-state index is 10.5. The molecule has 38 heavy (non-hydrogen) atoms. The van der Waals surface area contributed by atoms with Crippen LogP contribution in [0.1, 0.15) is 83.8 Å². The Hall–Kier alpha value is -1.92. The van der Waals surface area contributed by atoms with E-state index in [-0.39, 0.29) is 5.41 Å². The number of hydrogen-bond acceptors (Lipinski definition) is 5. The highest BCUT2D eigenvalue weighted by Crippen LogP contribution is 2.59. The smallest absolute Gasteiger partial charge is 0.119 e. The normalized spacial score (nSPS) is 33.0. The molecule has 1 unspecified atom stereocenters. The van der Waals surface area contributed by atoms with Gasteiger partial charge in [-0.15, -0.1) is 0 Å². The zero-order valence-electron chi connectivity index (χ0n) is 24.0. The van der Waals surface area contributed by atoms with Crippen LogP contribution in [0, 0.1) is 23.2 Å². The lowest BCUT2D eigenvalue weighted by atomic mass is 9.61. The van der Waals surface area contributed by atoms with Gasteiger partial charge in [-0.1, -0.05) is 44.2 Å². The van der Waals surface area contributed by atoms with Crippen LogP contribution in [0.4, 0.5) is 0 Å². The lowest BCUT2D eigenvalue weighted by molar-refractivity contribution is 0.0274. The summed E-state index contributed by atoms with van der Waals surface area (Å²) in [6.45, 7) is 13.7. The molecule has 0 spiro atoms. The van der Waals surface area contributed by atoms with Crippen LogP contribution in [0.25, 0.3) is 0 Å². The maximum Gasteiger partial charge on any atom is 0.119 e. The Bertz CT molecular complexity index is 1060. The summed E-state index contributed by atoms with van der Waals surface area (Å²) in [5, 5.41) is 30.8. The van der Waals surface area contributed by atoms with Crippen LogP contribution in [0.5, 0.6) is 5.75 Å². The molecule has 3 saturated carbocycles. The second kappa shape index (κ2) is 11.7. The molecule has 1 aromatic rings. The Morgan fingerprint density at radius 1 is 1.18 bits per heavy atom. The first-order valence-electron chi connectivity index (χ1n) is 14.4. The Morgan fingerprint density at radius 3 is 2.66 bits per heavy atom. The number of methoxy groups -OCH3 is 1. The first-order valence-corrected chi connectivity index (χ1v) is 14.4. The second-order valence-electron chi connectivity index (χ2n) is 12.8. The second-order valence-corrected chi connectivity index (χ2v) is 12.8. The molecule has 0 saturated heterocycles. The molecule has 0 amide bonds. The predicted molar refractivity (Wildman–Crippen MR) is 152 cm³/mol. The number of allylic oxidation sites excluding steroid dienone is 3. The molecule has 6 atom stereocenters. The van der Waals surface area contributed by atoms with Crippen molar-refractivity contribution in [3.8, 4) is 5.75 Å². The van der Waals surface area contributed by atoms with Crippen molar-refractivity contribution in [2.24, 2.45) is 23.2 Å². The molecule has 1 aromatic carbocycles. The zero-order chi connectivity index (χ0) is 27.7. The fraction of sp³-hybridized carbons (Fsp3) is 0.636. The minimum Gasteiger partial charge on any atom is -0.497 e. The predicted octanol–water partition coefficient (Wildman–Crippen LogP) is 6.22. The number of benzene rings is 1. The van der Waals surface area contributed by atoms with E-state index < -0.39 is 17.8 Å². The van der Waals surface area contributed by atoms with Gasteiger partial charge in [0.1, 0.15) is 5.75 Å². The summed E-state index contributed by atoms with van der Waals surface area (Å²) in [5.41, 5.74) is 4.42. The van der Waals surface area contributed by atoms with Crippen LogP contribution in [0.2, 0.25) is 0 Å².